The molecule has 0 N–H and O–H groups in total. The average Bonchev–Trinajstić information content (AvgIpc) is 2.97. The molecule has 0 saturated carbocycles. The highest BCUT2D eigenvalue weighted by Crippen LogP contribution is 2.26. The molecule has 0 aliphatic heterocycles. The van der Waals surface area contributed by atoms with Crippen LogP contribution in [0.1, 0.15) is 38.4 Å². The van der Waals surface area contributed by atoms with E-state index in [1.807, 2.05) is 61.5 Å². The average molecular weight is 308 g/mol. The highest BCUT2D eigenvalue weighted by molar-refractivity contribution is 7.20. The van der Waals surface area contributed by atoms with Crippen LogP contribution in [0.3, 0.4) is 0 Å². The highest BCUT2D eigenvalue weighted by Gasteiger charge is 2.13. The normalized spacial score (nSPS) is 10.8. The molecule has 3 rings (SSSR count). The number of fused-ring (bicyclic) bond motifs is 1. The Bertz CT molecular complexity index is 795. The summed E-state index contributed by atoms with van der Waals surface area (Å²) in [5, 5.41) is 1.08. The van der Waals surface area contributed by atoms with Crippen molar-refractivity contribution >= 4 is 33.0 Å². The Morgan fingerprint density at radius 1 is 0.909 bits per heavy atom. The predicted octanol–water partition coefficient (Wildman–Crippen LogP) is 5.06. The van der Waals surface area contributed by atoms with E-state index in [2.05, 4.69) is 0 Å². The number of carbonyl (C=O) groups is 2. The Kier molecular flexibility index (Phi) is 4.16. The molecule has 0 aliphatic carbocycles. The fourth-order valence-corrected chi connectivity index (χ4v) is 3.38. The fourth-order valence-electron chi connectivity index (χ4n) is 2.35. The Balaban J connectivity index is 1.66. The van der Waals surface area contributed by atoms with Gasteiger partial charge in [0.2, 0.25) is 0 Å². The minimum absolute atomic E-state index is 0.0226. The molecule has 0 aliphatic rings. The number of hydrogen-bond donors (Lipinski definition) is 0. The first-order valence-electron chi connectivity index (χ1n) is 7.25. The summed E-state index contributed by atoms with van der Waals surface area (Å²) in [6, 6.07) is 17.3. The third-order valence-corrected chi connectivity index (χ3v) is 4.81. The van der Waals surface area contributed by atoms with Gasteiger partial charge in [-0.15, -0.1) is 11.3 Å². The van der Waals surface area contributed by atoms with E-state index in [1.165, 1.54) is 11.3 Å². The molecule has 0 saturated heterocycles. The lowest BCUT2D eigenvalue weighted by molar-refractivity contribution is 0.0919. The van der Waals surface area contributed by atoms with Crippen molar-refractivity contribution in [2.24, 2.45) is 0 Å². The van der Waals surface area contributed by atoms with Crippen LogP contribution in [-0.4, -0.2) is 11.6 Å². The lowest BCUT2D eigenvalue weighted by Gasteiger charge is -2.01. The summed E-state index contributed by atoms with van der Waals surface area (Å²) in [6.45, 7) is 1.99. The van der Waals surface area contributed by atoms with Crippen LogP contribution in [0.4, 0.5) is 0 Å². The van der Waals surface area contributed by atoms with Gasteiger partial charge in [-0.05, 0) is 24.4 Å². The Hall–Kier alpha value is -2.26. The molecule has 0 spiro atoms. The Labute approximate surface area is 133 Å². The van der Waals surface area contributed by atoms with Crippen molar-refractivity contribution in [1.29, 1.82) is 0 Å². The number of hydrogen-bond acceptors (Lipinski definition) is 3. The van der Waals surface area contributed by atoms with E-state index >= 15 is 0 Å². The maximum absolute atomic E-state index is 12.3. The summed E-state index contributed by atoms with van der Waals surface area (Å²) < 4.78 is 1.11. The van der Waals surface area contributed by atoms with Crippen molar-refractivity contribution in [3.8, 4) is 0 Å². The number of ketones is 2. The third-order valence-electron chi connectivity index (χ3n) is 3.65. The molecule has 0 bridgehead atoms. The summed E-state index contributed by atoms with van der Waals surface area (Å²) in [7, 11) is 0. The number of thiophene rings is 1. The van der Waals surface area contributed by atoms with Gasteiger partial charge in [0.25, 0.3) is 0 Å². The van der Waals surface area contributed by atoms with E-state index in [0.717, 1.165) is 20.5 Å². The van der Waals surface area contributed by atoms with Gasteiger partial charge in [0, 0.05) is 23.1 Å². The molecule has 1 heterocycles. The predicted molar refractivity (Wildman–Crippen MR) is 90.9 cm³/mol. The van der Waals surface area contributed by atoms with Crippen molar-refractivity contribution < 1.29 is 9.59 Å². The van der Waals surface area contributed by atoms with Gasteiger partial charge in [-0.2, -0.15) is 0 Å². The molecule has 110 valence electrons. The lowest BCUT2D eigenvalue weighted by atomic mass is 10.0. The zero-order chi connectivity index (χ0) is 15.5. The van der Waals surface area contributed by atoms with E-state index in [1.54, 1.807) is 0 Å². The minimum Gasteiger partial charge on any atom is -0.294 e. The van der Waals surface area contributed by atoms with Crippen molar-refractivity contribution in [2.45, 2.75) is 19.8 Å². The van der Waals surface area contributed by atoms with Crippen LogP contribution in [0.15, 0.2) is 54.6 Å². The topological polar surface area (TPSA) is 34.1 Å². The lowest BCUT2D eigenvalue weighted by Crippen LogP contribution is -2.04. The SMILES string of the molecule is Cc1ccc(C(=O)CCC(=O)c2cc3ccccc3s2)cc1. The molecule has 0 amide bonds. The zero-order valence-electron chi connectivity index (χ0n) is 12.3. The van der Waals surface area contributed by atoms with Crippen LogP contribution in [0.5, 0.6) is 0 Å². The number of Topliss-reactive ketones (excluding diaryl/α,β-unsaturated/α-hetero) is 2. The smallest absolute Gasteiger partial charge is 0.173 e. The first-order valence-corrected chi connectivity index (χ1v) is 8.07. The molecule has 0 unspecified atom stereocenters. The van der Waals surface area contributed by atoms with E-state index in [9.17, 15) is 9.59 Å². The fraction of sp³-hybridized carbons (Fsp3) is 0.158. The maximum Gasteiger partial charge on any atom is 0.173 e. The Morgan fingerprint density at radius 3 is 2.32 bits per heavy atom. The summed E-state index contributed by atoms with van der Waals surface area (Å²) in [5.41, 5.74) is 1.80. The second-order valence-electron chi connectivity index (χ2n) is 5.36. The molecule has 0 fully saturated rings. The molecular weight excluding hydrogens is 292 g/mol. The molecule has 0 radical (unpaired) electrons. The van der Waals surface area contributed by atoms with Crippen molar-refractivity contribution in [3.63, 3.8) is 0 Å². The van der Waals surface area contributed by atoms with Crippen LogP contribution >= 0.6 is 11.3 Å². The first-order chi connectivity index (χ1) is 10.6. The quantitative estimate of drug-likeness (QED) is 0.618. The molecular formula is C19H16O2S. The monoisotopic (exact) mass is 308 g/mol. The van der Waals surface area contributed by atoms with Crippen LogP contribution in [0, 0.1) is 6.92 Å². The van der Waals surface area contributed by atoms with Gasteiger partial charge in [-0.3, -0.25) is 9.59 Å². The second-order valence-corrected chi connectivity index (χ2v) is 6.44. The van der Waals surface area contributed by atoms with E-state index < -0.39 is 0 Å². The summed E-state index contributed by atoms with van der Waals surface area (Å²) >= 11 is 1.49. The van der Waals surface area contributed by atoms with E-state index in [4.69, 9.17) is 0 Å². The van der Waals surface area contributed by atoms with Gasteiger partial charge in [-0.1, -0.05) is 48.0 Å². The maximum atomic E-state index is 12.3. The number of carbonyl (C=O) groups excluding carboxylic acids is 2. The number of aryl methyl sites for hydroxylation is 1. The van der Waals surface area contributed by atoms with Gasteiger partial charge >= 0.3 is 0 Å². The van der Waals surface area contributed by atoms with Crippen LogP contribution in [0.2, 0.25) is 0 Å². The van der Waals surface area contributed by atoms with Gasteiger partial charge < -0.3 is 0 Å². The minimum atomic E-state index is 0.0226. The molecule has 2 aromatic carbocycles. The largest absolute Gasteiger partial charge is 0.294 e. The number of benzene rings is 2. The van der Waals surface area contributed by atoms with Crippen molar-refractivity contribution in [1.82, 2.24) is 0 Å². The first kappa shape index (κ1) is 14.7. The van der Waals surface area contributed by atoms with Gasteiger partial charge in [0.15, 0.2) is 11.6 Å². The molecule has 3 aromatic rings. The summed E-state index contributed by atoms with van der Waals surface area (Å²) in [5.74, 6) is 0.0659. The molecule has 22 heavy (non-hydrogen) atoms. The van der Waals surface area contributed by atoms with Gasteiger partial charge in [0.1, 0.15) is 0 Å². The van der Waals surface area contributed by atoms with E-state index in [0.29, 0.717) is 5.56 Å². The van der Waals surface area contributed by atoms with E-state index in [-0.39, 0.29) is 24.4 Å². The standard InChI is InChI=1S/C19H16O2S/c1-13-6-8-14(9-7-13)16(20)10-11-17(21)19-12-15-4-2-3-5-18(15)22-19/h2-9,12H,10-11H2,1H3. The second kappa shape index (κ2) is 6.24. The van der Waals surface area contributed by atoms with Crippen molar-refractivity contribution in [3.05, 3.63) is 70.6 Å². The van der Waals surface area contributed by atoms with Crippen molar-refractivity contribution in [2.75, 3.05) is 0 Å². The van der Waals surface area contributed by atoms with Gasteiger partial charge in [0.05, 0.1) is 4.88 Å². The van der Waals surface area contributed by atoms with Crippen LogP contribution < -0.4 is 0 Å². The summed E-state index contributed by atoms with van der Waals surface area (Å²) in [4.78, 5) is 25.1. The molecule has 0 atom stereocenters. The zero-order valence-corrected chi connectivity index (χ0v) is 13.2. The number of rotatable bonds is 5. The molecule has 3 heteroatoms. The third kappa shape index (κ3) is 3.15. The van der Waals surface area contributed by atoms with Gasteiger partial charge in [-0.25, -0.2) is 0 Å². The van der Waals surface area contributed by atoms with Crippen LogP contribution in [-0.2, 0) is 0 Å². The highest BCUT2D eigenvalue weighted by atomic mass is 32.1. The summed E-state index contributed by atoms with van der Waals surface area (Å²) in [6.07, 6.45) is 0.523. The Morgan fingerprint density at radius 2 is 1.59 bits per heavy atom. The van der Waals surface area contributed by atoms with Crippen LogP contribution in [0.25, 0.3) is 10.1 Å². The molecule has 2 nitrogen and oxygen atoms in total. The molecule has 1 aromatic heterocycles.